The molecule has 1 aliphatic carbocycles. The molecule has 5 heteroatoms. The Labute approximate surface area is 128 Å². The van der Waals surface area contributed by atoms with Crippen molar-refractivity contribution in [2.24, 2.45) is 4.99 Å². The van der Waals surface area contributed by atoms with Crippen LogP contribution in [0.15, 0.2) is 29.9 Å². The predicted octanol–water partition coefficient (Wildman–Crippen LogP) is 3.98. The summed E-state index contributed by atoms with van der Waals surface area (Å²) in [5.74, 6) is -0.323. The number of hydrogen-bond acceptors (Lipinski definition) is 5. The minimum atomic E-state index is -0.323. The van der Waals surface area contributed by atoms with Crippen LogP contribution >= 0.6 is 11.3 Å². The molecule has 2 rings (SSSR count). The first-order chi connectivity index (χ1) is 10.2. The number of fused-ring (bicyclic) bond motifs is 1. The van der Waals surface area contributed by atoms with Crippen LogP contribution in [0.2, 0.25) is 0 Å². The minimum Gasteiger partial charge on any atom is -0.465 e. The van der Waals surface area contributed by atoms with Gasteiger partial charge in [0.25, 0.3) is 0 Å². The molecule has 0 unspecified atom stereocenters. The average Bonchev–Trinajstić information content (AvgIpc) is 2.86. The summed E-state index contributed by atoms with van der Waals surface area (Å²) in [6.07, 6.45) is 7.43. The first kappa shape index (κ1) is 15.3. The molecule has 0 spiro atoms. The lowest BCUT2D eigenvalue weighted by Gasteiger charge is -2.15. The van der Waals surface area contributed by atoms with Crippen LogP contribution in [0, 0.1) is 0 Å². The molecule has 0 saturated heterocycles. The van der Waals surface area contributed by atoms with Crippen LogP contribution in [0.3, 0.4) is 0 Å². The van der Waals surface area contributed by atoms with Gasteiger partial charge in [0.05, 0.1) is 18.5 Å². The van der Waals surface area contributed by atoms with E-state index in [1.807, 2.05) is 32.1 Å². The van der Waals surface area contributed by atoms with Gasteiger partial charge in [0.2, 0.25) is 0 Å². The largest absolute Gasteiger partial charge is 0.465 e. The molecule has 1 aromatic rings. The summed E-state index contributed by atoms with van der Waals surface area (Å²) in [5, 5.41) is 3.28. The first-order valence-electron chi connectivity index (χ1n) is 6.70. The van der Waals surface area contributed by atoms with Crippen LogP contribution in [0.25, 0.3) is 11.6 Å². The molecule has 21 heavy (non-hydrogen) atoms. The topological polar surface area (TPSA) is 50.7 Å². The minimum absolute atomic E-state index is 0.323. The molecule has 110 valence electrons. The number of allylic oxidation sites excluding steroid dienone is 3. The number of carbonyl (C=O) groups excluding carboxylic acids is 1. The number of nitrogens with one attached hydrogen (secondary N) is 1. The molecule has 1 N–H and O–H groups in total. The standard InChI is InChI=1S/C16H18N2O2S/c1-5-10-11(17-6-2)8-9-12-13(10)14(18-7-3)15(21-12)16(19)20-4/h5-6,8-9,18H,2,7H2,1,3-4H3/b10-5+,17-11?. The molecule has 1 aromatic heterocycles. The van der Waals surface area contributed by atoms with Crippen LogP contribution in [0.5, 0.6) is 0 Å². The zero-order valence-corrected chi connectivity index (χ0v) is 13.2. The van der Waals surface area contributed by atoms with Crippen molar-refractivity contribution in [1.29, 1.82) is 0 Å². The van der Waals surface area contributed by atoms with Gasteiger partial charge in [-0.2, -0.15) is 0 Å². The Morgan fingerprint density at radius 1 is 1.52 bits per heavy atom. The number of anilines is 1. The molecule has 0 aromatic carbocycles. The van der Waals surface area contributed by atoms with Gasteiger partial charge in [-0.3, -0.25) is 4.99 Å². The maximum Gasteiger partial charge on any atom is 0.350 e. The Hall–Kier alpha value is -2.14. The van der Waals surface area contributed by atoms with Crippen molar-refractivity contribution in [3.05, 3.63) is 40.2 Å². The third kappa shape index (κ3) is 2.69. The summed E-state index contributed by atoms with van der Waals surface area (Å²) in [6.45, 7) is 8.33. The molecule has 0 radical (unpaired) electrons. The lowest BCUT2D eigenvalue weighted by molar-refractivity contribution is 0.0607. The Morgan fingerprint density at radius 2 is 2.29 bits per heavy atom. The predicted molar refractivity (Wildman–Crippen MR) is 90.1 cm³/mol. The normalized spacial score (nSPS) is 16.9. The number of carbonyl (C=O) groups is 1. The van der Waals surface area contributed by atoms with Crippen molar-refractivity contribution in [3.8, 4) is 0 Å². The maximum atomic E-state index is 12.0. The van der Waals surface area contributed by atoms with Gasteiger partial charge in [-0.15, -0.1) is 11.3 Å². The second-order valence-corrected chi connectivity index (χ2v) is 5.35. The van der Waals surface area contributed by atoms with E-state index < -0.39 is 0 Å². The Balaban J connectivity index is 2.68. The second kappa shape index (κ2) is 6.54. The lowest BCUT2D eigenvalue weighted by atomic mass is 9.94. The van der Waals surface area contributed by atoms with E-state index in [2.05, 4.69) is 16.9 Å². The van der Waals surface area contributed by atoms with Crippen LogP contribution < -0.4 is 5.32 Å². The van der Waals surface area contributed by atoms with E-state index in [-0.39, 0.29) is 5.97 Å². The van der Waals surface area contributed by atoms with Gasteiger partial charge in [-0.05, 0) is 26.0 Å². The van der Waals surface area contributed by atoms with Gasteiger partial charge in [-0.1, -0.05) is 12.7 Å². The molecule has 0 atom stereocenters. The summed E-state index contributed by atoms with van der Waals surface area (Å²) in [4.78, 5) is 17.9. The number of ether oxygens (including phenoxy) is 1. The Kier molecular flexibility index (Phi) is 4.75. The van der Waals surface area contributed by atoms with Gasteiger partial charge in [-0.25, -0.2) is 4.79 Å². The van der Waals surface area contributed by atoms with Gasteiger partial charge in [0, 0.05) is 28.8 Å². The molecule has 0 fully saturated rings. The molecular weight excluding hydrogens is 284 g/mol. The van der Waals surface area contributed by atoms with Gasteiger partial charge >= 0.3 is 5.97 Å². The summed E-state index contributed by atoms with van der Waals surface area (Å²) in [5.41, 5.74) is 3.66. The number of thiophene rings is 1. The molecule has 0 amide bonds. The zero-order chi connectivity index (χ0) is 15.4. The number of esters is 1. The van der Waals surface area contributed by atoms with E-state index in [1.54, 1.807) is 0 Å². The summed E-state index contributed by atoms with van der Waals surface area (Å²) >= 11 is 1.43. The third-order valence-electron chi connectivity index (χ3n) is 3.12. The van der Waals surface area contributed by atoms with E-state index >= 15 is 0 Å². The van der Waals surface area contributed by atoms with E-state index in [0.29, 0.717) is 4.88 Å². The first-order valence-corrected chi connectivity index (χ1v) is 7.52. The molecule has 0 saturated carbocycles. The molecule has 1 heterocycles. The molecular formula is C16H18N2O2S. The molecule has 0 aliphatic heterocycles. The van der Waals surface area contributed by atoms with E-state index in [1.165, 1.54) is 24.6 Å². The van der Waals surface area contributed by atoms with Crippen molar-refractivity contribution in [2.75, 3.05) is 19.0 Å². The van der Waals surface area contributed by atoms with Crippen LogP contribution in [0.1, 0.15) is 34.0 Å². The summed E-state index contributed by atoms with van der Waals surface area (Å²) < 4.78 is 4.89. The highest BCUT2D eigenvalue weighted by atomic mass is 32.1. The quantitative estimate of drug-likeness (QED) is 0.856. The summed E-state index contributed by atoms with van der Waals surface area (Å²) in [7, 11) is 1.40. The highest BCUT2D eigenvalue weighted by molar-refractivity contribution is 7.16. The molecule has 0 bridgehead atoms. The number of methoxy groups -OCH3 is 1. The van der Waals surface area contributed by atoms with Crippen molar-refractivity contribution >= 4 is 40.4 Å². The fraction of sp³-hybridized carbons (Fsp3) is 0.250. The molecule has 4 nitrogen and oxygen atoms in total. The highest BCUT2D eigenvalue weighted by Crippen LogP contribution is 2.42. The summed E-state index contributed by atoms with van der Waals surface area (Å²) in [6, 6.07) is 0. The van der Waals surface area contributed by atoms with E-state index in [4.69, 9.17) is 4.74 Å². The third-order valence-corrected chi connectivity index (χ3v) is 4.25. The number of rotatable bonds is 4. The van der Waals surface area contributed by atoms with Crippen LogP contribution in [-0.4, -0.2) is 25.3 Å². The fourth-order valence-electron chi connectivity index (χ4n) is 2.29. The Morgan fingerprint density at radius 3 is 2.86 bits per heavy atom. The van der Waals surface area contributed by atoms with E-state index in [9.17, 15) is 4.79 Å². The van der Waals surface area contributed by atoms with Crippen molar-refractivity contribution in [1.82, 2.24) is 0 Å². The van der Waals surface area contributed by atoms with Crippen LogP contribution in [-0.2, 0) is 4.74 Å². The smallest absolute Gasteiger partial charge is 0.350 e. The average molecular weight is 302 g/mol. The monoisotopic (exact) mass is 302 g/mol. The van der Waals surface area contributed by atoms with Crippen LogP contribution in [0.4, 0.5) is 5.69 Å². The van der Waals surface area contributed by atoms with Crippen molar-refractivity contribution in [2.45, 2.75) is 13.8 Å². The fourth-order valence-corrected chi connectivity index (χ4v) is 3.40. The van der Waals surface area contributed by atoms with Gasteiger partial charge in [0.1, 0.15) is 4.88 Å². The number of nitrogens with zero attached hydrogens (tertiary/aromatic N) is 1. The maximum absolute atomic E-state index is 12.0. The van der Waals surface area contributed by atoms with Gasteiger partial charge in [0.15, 0.2) is 0 Å². The molecule has 1 aliphatic rings. The van der Waals surface area contributed by atoms with E-state index in [0.717, 1.165) is 34.0 Å². The SMILES string of the molecule is C=CN=C1C=Cc2sc(C(=O)OC)c(NCC)c2/C1=C/C. The second-order valence-electron chi connectivity index (χ2n) is 4.30. The Bertz CT molecular complexity index is 666. The number of hydrogen-bond donors (Lipinski definition) is 1. The zero-order valence-electron chi connectivity index (χ0n) is 12.4. The highest BCUT2D eigenvalue weighted by Gasteiger charge is 2.27. The van der Waals surface area contributed by atoms with Crippen molar-refractivity contribution < 1.29 is 9.53 Å². The van der Waals surface area contributed by atoms with Gasteiger partial charge < -0.3 is 10.1 Å². The number of aliphatic imine (C=N–C) groups is 1. The van der Waals surface area contributed by atoms with Crippen molar-refractivity contribution in [3.63, 3.8) is 0 Å². The lowest BCUT2D eigenvalue weighted by Crippen LogP contribution is -2.09.